The fraction of sp³-hybridized carbons (Fsp3) is 0.611. The van der Waals surface area contributed by atoms with E-state index in [4.69, 9.17) is 5.73 Å². The molecule has 0 aliphatic carbocycles. The lowest BCUT2D eigenvalue weighted by molar-refractivity contribution is -0.137. The van der Waals surface area contributed by atoms with Gasteiger partial charge in [0, 0.05) is 39.3 Å². The Balaban J connectivity index is 0.00000156. The van der Waals surface area contributed by atoms with E-state index in [0.717, 1.165) is 51.3 Å². The van der Waals surface area contributed by atoms with Gasteiger partial charge < -0.3 is 15.5 Å². The standard InChI is InChI=1S/C18H28N4O.2ClH/c1-20-9-11-21(12-10-20)17(16-5-3-2-4-6-16)18(23)22-8-7-15(13-19)14-22;;/h2-6,15,17H,7-14,19H2,1H3;2*1H. The Bertz CT molecular complexity index is 523. The smallest absolute Gasteiger partial charge is 0.244 e. The summed E-state index contributed by atoms with van der Waals surface area (Å²) >= 11 is 0. The predicted octanol–water partition coefficient (Wildman–Crippen LogP) is 1.63. The van der Waals surface area contributed by atoms with Crippen LogP contribution in [0.5, 0.6) is 0 Å². The van der Waals surface area contributed by atoms with E-state index in [1.807, 2.05) is 23.1 Å². The third-order valence-electron chi connectivity index (χ3n) is 5.18. The van der Waals surface area contributed by atoms with E-state index >= 15 is 0 Å². The minimum absolute atomic E-state index is 0. The first-order valence-corrected chi connectivity index (χ1v) is 8.65. The largest absolute Gasteiger partial charge is 0.341 e. The first-order chi connectivity index (χ1) is 11.2. The van der Waals surface area contributed by atoms with Gasteiger partial charge in [-0.25, -0.2) is 0 Å². The van der Waals surface area contributed by atoms with Gasteiger partial charge in [-0.3, -0.25) is 9.69 Å². The topological polar surface area (TPSA) is 52.8 Å². The molecule has 2 fully saturated rings. The molecule has 0 saturated carbocycles. The molecule has 0 aromatic heterocycles. The highest BCUT2D eigenvalue weighted by Gasteiger charge is 2.35. The zero-order valence-corrected chi connectivity index (χ0v) is 16.5. The fourth-order valence-electron chi connectivity index (χ4n) is 3.62. The van der Waals surface area contributed by atoms with Crippen molar-refractivity contribution in [3.8, 4) is 0 Å². The van der Waals surface area contributed by atoms with Crippen LogP contribution < -0.4 is 5.73 Å². The molecule has 2 atom stereocenters. The molecule has 5 nitrogen and oxygen atoms in total. The SMILES string of the molecule is CN1CCN(C(C(=O)N2CCC(CN)C2)c2ccccc2)CC1.Cl.Cl. The van der Waals surface area contributed by atoms with Crippen LogP contribution in [-0.2, 0) is 4.79 Å². The minimum Gasteiger partial charge on any atom is -0.341 e. The number of hydrogen-bond donors (Lipinski definition) is 1. The van der Waals surface area contributed by atoms with Crippen molar-refractivity contribution in [2.24, 2.45) is 11.7 Å². The van der Waals surface area contributed by atoms with Gasteiger partial charge in [0.15, 0.2) is 0 Å². The van der Waals surface area contributed by atoms with Crippen molar-refractivity contribution in [2.45, 2.75) is 12.5 Å². The average molecular weight is 389 g/mol. The summed E-state index contributed by atoms with van der Waals surface area (Å²) in [6.45, 7) is 6.24. The molecule has 142 valence electrons. The van der Waals surface area contributed by atoms with Crippen LogP contribution in [0.3, 0.4) is 0 Å². The lowest BCUT2D eigenvalue weighted by Gasteiger charge is -2.38. The molecule has 25 heavy (non-hydrogen) atoms. The van der Waals surface area contributed by atoms with Crippen molar-refractivity contribution in [3.05, 3.63) is 35.9 Å². The number of piperazine rings is 1. The normalized spacial score (nSPS) is 22.8. The quantitative estimate of drug-likeness (QED) is 0.851. The van der Waals surface area contributed by atoms with Crippen LogP contribution in [-0.4, -0.2) is 73.5 Å². The van der Waals surface area contributed by atoms with Crippen LogP contribution in [0.25, 0.3) is 0 Å². The molecule has 7 heteroatoms. The number of nitrogens with two attached hydrogens (primary N) is 1. The van der Waals surface area contributed by atoms with Crippen molar-refractivity contribution in [3.63, 3.8) is 0 Å². The summed E-state index contributed by atoms with van der Waals surface area (Å²) in [7, 11) is 2.14. The van der Waals surface area contributed by atoms with Crippen LogP contribution in [0.2, 0.25) is 0 Å². The van der Waals surface area contributed by atoms with E-state index in [0.29, 0.717) is 12.5 Å². The van der Waals surface area contributed by atoms with Crippen molar-refractivity contribution in [1.29, 1.82) is 0 Å². The Kier molecular flexibility index (Phi) is 9.17. The molecule has 0 spiro atoms. The van der Waals surface area contributed by atoms with Crippen molar-refractivity contribution in [2.75, 3.05) is 52.9 Å². The van der Waals surface area contributed by atoms with Gasteiger partial charge in [-0.2, -0.15) is 0 Å². The molecular formula is C18H30Cl2N4O. The number of amides is 1. The highest BCUT2D eigenvalue weighted by molar-refractivity contribution is 5.85. The second kappa shape index (κ2) is 10.3. The number of likely N-dealkylation sites (N-methyl/N-ethyl adjacent to an activating group) is 1. The van der Waals surface area contributed by atoms with Gasteiger partial charge in [0.1, 0.15) is 6.04 Å². The molecule has 1 aromatic carbocycles. The number of halogens is 2. The van der Waals surface area contributed by atoms with E-state index in [-0.39, 0.29) is 36.8 Å². The van der Waals surface area contributed by atoms with Gasteiger partial charge in [-0.15, -0.1) is 24.8 Å². The minimum atomic E-state index is -0.151. The predicted molar refractivity (Wildman–Crippen MR) is 106 cm³/mol. The van der Waals surface area contributed by atoms with Gasteiger partial charge in [-0.05, 0) is 31.5 Å². The highest BCUT2D eigenvalue weighted by atomic mass is 35.5. The zero-order chi connectivity index (χ0) is 16.2. The van der Waals surface area contributed by atoms with Crippen LogP contribution in [0.4, 0.5) is 0 Å². The molecule has 2 aliphatic rings. The van der Waals surface area contributed by atoms with E-state index in [1.54, 1.807) is 0 Å². The van der Waals surface area contributed by atoms with Gasteiger partial charge in [0.2, 0.25) is 5.91 Å². The maximum atomic E-state index is 13.2. The Morgan fingerprint density at radius 1 is 1.12 bits per heavy atom. The third-order valence-corrected chi connectivity index (χ3v) is 5.18. The van der Waals surface area contributed by atoms with Gasteiger partial charge in [0.25, 0.3) is 0 Å². The molecule has 2 saturated heterocycles. The summed E-state index contributed by atoms with van der Waals surface area (Å²) in [5.74, 6) is 0.708. The Morgan fingerprint density at radius 3 is 2.32 bits per heavy atom. The van der Waals surface area contributed by atoms with Crippen LogP contribution >= 0.6 is 24.8 Å². The van der Waals surface area contributed by atoms with Gasteiger partial charge >= 0.3 is 0 Å². The maximum absolute atomic E-state index is 13.2. The molecule has 3 rings (SSSR count). The molecule has 2 unspecified atom stereocenters. The second-order valence-electron chi connectivity index (χ2n) is 6.83. The van der Waals surface area contributed by atoms with E-state index in [1.165, 1.54) is 0 Å². The van der Waals surface area contributed by atoms with Gasteiger partial charge in [-0.1, -0.05) is 30.3 Å². The molecule has 0 bridgehead atoms. The average Bonchev–Trinajstić information content (AvgIpc) is 3.07. The van der Waals surface area contributed by atoms with Crippen LogP contribution in [0.15, 0.2) is 30.3 Å². The number of rotatable bonds is 4. The van der Waals surface area contributed by atoms with E-state index in [9.17, 15) is 4.79 Å². The molecule has 2 aliphatic heterocycles. The molecular weight excluding hydrogens is 359 g/mol. The van der Waals surface area contributed by atoms with Crippen molar-refractivity contribution in [1.82, 2.24) is 14.7 Å². The number of carbonyl (C=O) groups excluding carboxylic acids is 1. The van der Waals surface area contributed by atoms with Crippen LogP contribution in [0, 0.1) is 5.92 Å². The first kappa shape index (κ1) is 22.2. The molecule has 2 heterocycles. The van der Waals surface area contributed by atoms with Crippen molar-refractivity contribution < 1.29 is 4.79 Å². The number of nitrogens with zero attached hydrogens (tertiary/aromatic N) is 3. The maximum Gasteiger partial charge on any atom is 0.244 e. The first-order valence-electron chi connectivity index (χ1n) is 8.65. The second-order valence-corrected chi connectivity index (χ2v) is 6.83. The summed E-state index contributed by atoms with van der Waals surface area (Å²) < 4.78 is 0. The molecule has 1 amide bonds. The Hall–Kier alpha value is -0.850. The van der Waals surface area contributed by atoms with E-state index < -0.39 is 0 Å². The number of likely N-dealkylation sites (tertiary alicyclic amines) is 1. The third kappa shape index (κ3) is 5.31. The highest BCUT2D eigenvalue weighted by Crippen LogP contribution is 2.27. The summed E-state index contributed by atoms with van der Waals surface area (Å²) in [5.41, 5.74) is 6.90. The fourth-order valence-corrected chi connectivity index (χ4v) is 3.62. The summed E-state index contributed by atoms with van der Waals surface area (Å²) in [4.78, 5) is 19.9. The monoisotopic (exact) mass is 388 g/mol. The molecule has 2 N–H and O–H groups in total. The Morgan fingerprint density at radius 2 is 1.76 bits per heavy atom. The van der Waals surface area contributed by atoms with Gasteiger partial charge in [0.05, 0.1) is 0 Å². The Labute approximate surface area is 163 Å². The number of benzene rings is 1. The van der Waals surface area contributed by atoms with Crippen molar-refractivity contribution >= 4 is 30.7 Å². The zero-order valence-electron chi connectivity index (χ0n) is 14.8. The number of hydrogen-bond acceptors (Lipinski definition) is 4. The summed E-state index contributed by atoms with van der Waals surface area (Å²) in [6, 6.07) is 10.1. The summed E-state index contributed by atoms with van der Waals surface area (Å²) in [6.07, 6.45) is 1.03. The molecule has 0 radical (unpaired) electrons. The van der Waals surface area contributed by atoms with E-state index in [2.05, 4.69) is 29.0 Å². The lowest BCUT2D eigenvalue weighted by Crippen LogP contribution is -2.50. The lowest BCUT2D eigenvalue weighted by atomic mass is 10.0. The molecule has 1 aromatic rings. The van der Waals surface area contributed by atoms with Crippen LogP contribution in [0.1, 0.15) is 18.0 Å². The summed E-state index contributed by atoms with van der Waals surface area (Å²) in [5, 5.41) is 0. The number of carbonyl (C=O) groups is 1.